The van der Waals surface area contributed by atoms with Crippen LogP contribution in [0.5, 0.6) is 0 Å². The highest BCUT2D eigenvalue weighted by atomic mass is 14.5. The van der Waals surface area contributed by atoms with Crippen molar-refractivity contribution >= 4 is 32.3 Å². The average Bonchev–Trinajstić information content (AvgIpc) is 1.64. The molecule has 0 saturated carbocycles. The van der Waals surface area contributed by atoms with E-state index in [9.17, 15) is 0 Å². The van der Waals surface area contributed by atoms with Crippen LogP contribution in [0.15, 0.2) is 0 Å². The maximum Gasteiger partial charge on any atom is 0 e. The molecule has 0 aliphatic heterocycles. The van der Waals surface area contributed by atoms with E-state index in [0.717, 1.165) is 0 Å². The molecule has 0 aliphatic rings. The summed E-state index contributed by atoms with van der Waals surface area (Å²) in [6, 6.07) is 0. The lowest BCUT2D eigenvalue weighted by molar-refractivity contribution is 2.71. The van der Waals surface area contributed by atoms with E-state index in [-0.39, 0.29) is 0 Å². The van der Waals surface area contributed by atoms with Crippen LogP contribution in [0, 0.1) is 0 Å². The fourth-order valence-corrected chi connectivity index (χ4v) is 1.69. The first-order valence-electron chi connectivity index (χ1n) is 2.25. The summed E-state index contributed by atoms with van der Waals surface area (Å²) < 4.78 is 0. The van der Waals surface area contributed by atoms with Crippen molar-refractivity contribution in [2.24, 2.45) is 0 Å². The molecule has 5 rings (SSSR count). The second kappa shape index (κ2) is 0.148. The van der Waals surface area contributed by atoms with Crippen LogP contribution in [0.3, 0.4) is 0 Å². The van der Waals surface area contributed by atoms with Crippen LogP contribution in [0.4, 0.5) is 0 Å². The van der Waals surface area contributed by atoms with Gasteiger partial charge in [-0.05, 0) is 0 Å². The van der Waals surface area contributed by atoms with Gasteiger partial charge in [-0.15, -0.1) is 0 Å². The Morgan fingerprint density at radius 1 is 0.333 bits per heavy atom. The van der Waals surface area contributed by atoms with Gasteiger partial charge in [-0.2, -0.15) is 0 Å². The Labute approximate surface area is 33.4 Å². The number of hydrogen-bond acceptors (Lipinski definition) is 0. The molecule has 24 valence electrons. The summed E-state index contributed by atoms with van der Waals surface area (Å²) in [7, 11) is 0. The standard InChI is InChI=1S/C6/c1-2-3(1)6-4(1)5(2)6. The molecule has 0 unspecified atom stereocenters. The van der Waals surface area contributed by atoms with Gasteiger partial charge in [0, 0.05) is 32.3 Å². The van der Waals surface area contributed by atoms with Gasteiger partial charge in [-0.3, -0.25) is 0 Å². The predicted molar refractivity (Wildman–Crippen MR) is 26.1 cm³/mol. The maximum absolute atomic E-state index is 1.67. The molecule has 6 heavy (non-hydrogen) atoms. The van der Waals surface area contributed by atoms with Crippen LogP contribution >= 0.6 is 0 Å². The highest BCUT2D eigenvalue weighted by Crippen LogP contribution is 2.75. The van der Waals surface area contributed by atoms with Gasteiger partial charge in [0.2, 0.25) is 0 Å². The van der Waals surface area contributed by atoms with Crippen molar-refractivity contribution < 1.29 is 0 Å². The summed E-state index contributed by atoms with van der Waals surface area (Å²) in [5, 5.41) is 10.0. The van der Waals surface area contributed by atoms with Crippen LogP contribution < -0.4 is 0 Å². The van der Waals surface area contributed by atoms with Gasteiger partial charge in [-0.1, -0.05) is 0 Å². The van der Waals surface area contributed by atoms with Crippen molar-refractivity contribution in [3.8, 4) is 0 Å². The van der Waals surface area contributed by atoms with Crippen molar-refractivity contribution in [1.82, 2.24) is 0 Å². The quantitative estimate of drug-likeness (QED) is 0.297. The molecule has 5 aromatic carbocycles. The Hall–Kier alpha value is -0.780. The van der Waals surface area contributed by atoms with Crippen LogP contribution in [0.1, 0.15) is 0 Å². The Bertz CT molecular complexity index is 257. The minimum Gasteiger partial charge on any atom is 0 e. The molecule has 0 heterocycles. The van der Waals surface area contributed by atoms with Gasteiger partial charge in [0.15, 0.2) is 0 Å². The zero-order chi connectivity index (χ0) is 3.46. The largest absolute Gasteiger partial charge is 0 e. The van der Waals surface area contributed by atoms with Gasteiger partial charge in [0.25, 0.3) is 0 Å². The summed E-state index contributed by atoms with van der Waals surface area (Å²) >= 11 is 0. The fraction of sp³-hybridized carbons (Fsp3) is 0. The van der Waals surface area contributed by atoms with E-state index in [1.807, 2.05) is 0 Å². The lowest BCUT2D eigenvalue weighted by atomic mass is 10.4. The monoisotopic (exact) mass is 72.0 g/mol. The third-order valence-electron chi connectivity index (χ3n) is 2.12. The molecule has 0 atom stereocenters. The first kappa shape index (κ1) is 1.38. The van der Waals surface area contributed by atoms with E-state index >= 15 is 0 Å². The second-order valence-electron chi connectivity index (χ2n) is 2.25. The normalized spacial score (nSPS) is 18.0. The van der Waals surface area contributed by atoms with Crippen molar-refractivity contribution in [2.45, 2.75) is 0 Å². The smallest absolute Gasteiger partial charge is 0 e. The fourth-order valence-electron chi connectivity index (χ4n) is 1.69. The van der Waals surface area contributed by atoms with Crippen molar-refractivity contribution in [1.29, 1.82) is 0 Å². The van der Waals surface area contributed by atoms with E-state index in [1.165, 1.54) is 0 Å². The number of benzene rings is 1. The second-order valence-corrected chi connectivity index (χ2v) is 2.25. The summed E-state index contributed by atoms with van der Waals surface area (Å²) in [4.78, 5) is 0. The lowest BCUT2D eigenvalue weighted by Gasteiger charge is -1.63. The highest BCUT2D eigenvalue weighted by Gasteiger charge is 2.45. The third-order valence-corrected chi connectivity index (χ3v) is 2.12. The molecule has 0 bridgehead atoms. The minimum atomic E-state index is 1.67. The van der Waals surface area contributed by atoms with Crippen LogP contribution in [-0.2, 0) is 0 Å². The molecule has 0 N–H and O–H groups in total. The lowest BCUT2D eigenvalue weighted by Crippen LogP contribution is -1.34. The van der Waals surface area contributed by atoms with E-state index in [2.05, 4.69) is 0 Å². The van der Waals surface area contributed by atoms with Gasteiger partial charge in [0.05, 0.1) is 0 Å². The van der Waals surface area contributed by atoms with Crippen molar-refractivity contribution in [2.75, 3.05) is 0 Å². The third kappa shape index (κ3) is 0.0163. The maximum atomic E-state index is 1.67. The van der Waals surface area contributed by atoms with E-state index in [0.29, 0.717) is 0 Å². The minimum absolute atomic E-state index is 1.67. The molecule has 0 nitrogen and oxygen atoms in total. The molecule has 0 aliphatic carbocycles. The number of rotatable bonds is 0. The predicted octanol–water partition coefficient (Wildman–Crippen LogP) is 1.77. The van der Waals surface area contributed by atoms with Gasteiger partial charge in [0.1, 0.15) is 0 Å². The molecular formula is C6. The molecule has 0 aromatic heterocycles. The van der Waals surface area contributed by atoms with Crippen molar-refractivity contribution in [3.63, 3.8) is 0 Å². The number of hydrogen-bond donors (Lipinski definition) is 0. The summed E-state index contributed by atoms with van der Waals surface area (Å²) in [5.74, 6) is 0. The highest BCUT2D eigenvalue weighted by molar-refractivity contribution is 6.80. The molecule has 0 amide bonds. The van der Waals surface area contributed by atoms with Crippen LogP contribution in [0.25, 0.3) is 32.3 Å². The molecule has 0 fully saturated rings. The molecule has 0 heteroatoms. The zero-order valence-electron chi connectivity index (χ0n) is 3.00. The van der Waals surface area contributed by atoms with Crippen molar-refractivity contribution in [3.05, 3.63) is 0 Å². The Kier molecular flexibility index (Phi) is 0.0338. The Balaban J connectivity index is 3.47. The molecule has 0 saturated heterocycles. The first-order valence-corrected chi connectivity index (χ1v) is 2.25. The summed E-state index contributed by atoms with van der Waals surface area (Å²) in [5.41, 5.74) is 0. The first-order chi connectivity index (χ1) is 3.00. The van der Waals surface area contributed by atoms with E-state index in [4.69, 9.17) is 0 Å². The average molecular weight is 72.1 g/mol. The van der Waals surface area contributed by atoms with Gasteiger partial charge >= 0.3 is 0 Å². The molecule has 0 spiro atoms. The SMILES string of the molecule is c12c3c1c1c2c31. The van der Waals surface area contributed by atoms with Gasteiger partial charge in [-0.25, -0.2) is 0 Å². The topological polar surface area (TPSA) is 0 Å². The molecular weight excluding hydrogens is 72.1 g/mol. The molecule has 0 radical (unpaired) electrons. The Morgan fingerprint density at radius 3 is 0.667 bits per heavy atom. The van der Waals surface area contributed by atoms with Crippen LogP contribution in [0.2, 0.25) is 0 Å². The van der Waals surface area contributed by atoms with E-state index in [1.54, 1.807) is 32.3 Å². The summed E-state index contributed by atoms with van der Waals surface area (Å²) in [6.45, 7) is 0. The van der Waals surface area contributed by atoms with Gasteiger partial charge < -0.3 is 0 Å². The van der Waals surface area contributed by atoms with E-state index < -0.39 is 0 Å². The zero-order valence-corrected chi connectivity index (χ0v) is 3.00. The van der Waals surface area contributed by atoms with Crippen LogP contribution in [-0.4, -0.2) is 0 Å². The Morgan fingerprint density at radius 2 is 0.500 bits per heavy atom. The molecule has 5 aromatic rings. The summed E-state index contributed by atoms with van der Waals surface area (Å²) in [6.07, 6.45) is 0.